The summed E-state index contributed by atoms with van der Waals surface area (Å²) in [5.41, 5.74) is 5.64. The van der Waals surface area contributed by atoms with Gasteiger partial charge in [-0.2, -0.15) is 0 Å². The Morgan fingerprint density at radius 2 is 1.34 bits per heavy atom. The molecule has 1 amide bonds. The van der Waals surface area contributed by atoms with Gasteiger partial charge in [-0.05, 0) is 59.0 Å². The summed E-state index contributed by atoms with van der Waals surface area (Å²) in [6, 6.07) is 25.0. The number of allylic oxidation sites excluding steroid dienone is 1. The minimum Gasteiger partial charge on any atom is -0.497 e. The van der Waals surface area contributed by atoms with Crippen LogP contribution < -0.4 is 10.1 Å². The molecule has 5 heteroatoms. The van der Waals surface area contributed by atoms with Crippen LogP contribution in [-0.4, -0.2) is 24.1 Å². The number of anilines is 1. The molecule has 3 rings (SSSR count). The van der Waals surface area contributed by atoms with E-state index in [1.807, 2.05) is 66.7 Å². The largest absolute Gasteiger partial charge is 0.497 e. The van der Waals surface area contributed by atoms with Gasteiger partial charge in [-0.25, -0.2) is 4.79 Å². The Balaban J connectivity index is 2.04. The van der Waals surface area contributed by atoms with E-state index in [9.17, 15) is 9.59 Å². The highest BCUT2D eigenvalue weighted by atomic mass is 16.5. The molecule has 0 aliphatic carbocycles. The van der Waals surface area contributed by atoms with Crippen molar-refractivity contribution in [3.8, 4) is 5.75 Å². The van der Waals surface area contributed by atoms with E-state index in [1.54, 1.807) is 19.2 Å². The van der Waals surface area contributed by atoms with E-state index in [1.165, 1.54) is 0 Å². The van der Waals surface area contributed by atoms with Crippen molar-refractivity contribution in [2.24, 2.45) is 0 Å². The predicted octanol–water partition coefficient (Wildman–Crippen LogP) is 4.70. The summed E-state index contributed by atoms with van der Waals surface area (Å²) in [5, 5.41) is 11.1. The molecule has 0 saturated heterocycles. The van der Waals surface area contributed by atoms with Crippen LogP contribution in [-0.2, 0) is 9.59 Å². The summed E-state index contributed by atoms with van der Waals surface area (Å²) in [4.78, 5) is 22.1. The highest BCUT2D eigenvalue weighted by molar-refractivity contribution is 6.36. The number of carbonyl (C=O) groups is 2. The molecule has 2 N–H and O–H groups in total. The van der Waals surface area contributed by atoms with Crippen molar-refractivity contribution in [1.29, 1.82) is 0 Å². The smallest absolute Gasteiger partial charge is 0.394 e. The van der Waals surface area contributed by atoms with Gasteiger partial charge in [0.25, 0.3) is 0 Å². The molecule has 29 heavy (non-hydrogen) atoms. The van der Waals surface area contributed by atoms with Crippen molar-refractivity contribution < 1.29 is 19.4 Å². The molecule has 0 spiro atoms. The van der Waals surface area contributed by atoms with Gasteiger partial charge in [0.15, 0.2) is 0 Å². The van der Waals surface area contributed by atoms with Crippen LogP contribution in [0.4, 0.5) is 5.69 Å². The second-order valence-corrected chi connectivity index (χ2v) is 6.43. The molecular formula is C24H21NO4. The maximum absolute atomic E-state index is 11.4. The molecule has 146 valence electrons. The molecule has 0 fully saturated rings. The lowest BCUT2D eigenvalue weighted by Crippen LogP contribution is -2.21. The zero-order chi connectivity index (χ0) is 20.8. The zero-order valence-corrected chi connectivity index (χ0v) is 16.2. The molecule has 0 unspecified atom stereocenters. The lowest BCUT2D eigenvalue weighted by atomic mass is 9.90. The van der Waals surface area contributed by atoms with Crippen LogP contribution in [0, 0.1) is 0 Å². The maximum atomic E-state index is 11.4. The summed E-state index contributed by atoms with van der Waals surface area (Å²) in [6.07, 6.45) is 0. The van der Waals surface area contributed by atoms with Gasteiger partial charge in [0.1, 0.15) is 5.75 Å². The minimum absolute atomic E-state index is 0.427. The molecule has 0 atom stereocenters. The summed E-state index contributed by atoms with van der Waals surface area (Å²) in [6.45, 7) is 2.06. The summed E-state index contributed by atoms with van der Waals surface area (Å²) >= 11 is 0. The first kappa shape index (κ1) is 19.9. The van der Waals surface area contributed by atoms with E-state index in [2.05, 4.69) is 12.2 Å². The second kappa shape index (κ2) is 8.89. The van der Waals surface area contributed by atoms with E-state index < -0.39 is 11.9 Å². The second-order valence-electron chi connectivity index (χ2n) is 6.43. The monoisotopic (exact) mass is 387 g/mol. The fourth-order valence-electron chi connectivity index (χ4n) is 3.09. The number of nitrogens with one attached hydrogen (secondary N) is 1. The fraction of sp³-hybridized carbons (Fsp3) is 0.0833. The molecular weight excluding hydrogens is 366 g/mol. The third-order valence-corrected chi connectivity index (χ3v) is 4.59. The SMILES string of the molecule is COc1ccc(/C(C)=C(/c2ccccc2)c2ccc(NC(=O)C(=O)O)cc2)cc1. The van der Waals surface area contributed by atoms with Crippen molar-refractivity contribution in [3.05, 3.63) is 95.6 Å². The Hall–Kier alpha value is -3.86. The Morgan fingerprint density at radius 1 is 0.793 bits per heavy atom. The van der Waals surface area contributed by atoms with E-state index in [0.717, 1.165) is 33.6 Å². The maximum Gasteiger partial charge on any atom is 0.394 e. The number of carboxylic acids is 1. The standard InChI is InChI=1S/C24H21NO4/c1-16(17-10-14-21(29-2)15-11-17)22(18-6-4-3-5-7-18)19-8-12-20(13-9-19)25-23(26)24(27)28/h3-15H,1-2H3,(H,25,26)(H,27,28)/b22-16-. The zero-order valence-electron chi connectivity index (χ0n) is 16.2. The van der Waals surface area contributed by atoms with E-state index in [0.29, 0.717) is 5.69 Å². The van der Waals surface area contributed by atoms with Gasteiger partial charge in [-0.1, -0.05) is 54.6 Å². The number of amides is 1. The van der Waals surface area contributed by atoms with Gasteiger partial charge in [-0.15, -0.1) is 0 Å². The van der Waals surface area contributed by atoms with Crippen LogP contribution in [0.15, 0.2) is 78.9 Å². The topological polar surface area (TPSA) is 75.6 Å². The molecule has 0 aliphatic rings. The van der Waals surface area contributed by atoms with Crippen LogP contribution in [0.25, 0.3) is 11.1 Å². The normalized spacial score (nSPS) is 11.4. The molecule has 0 saturated carbocycles. The predicted molar refractivity (Wildman–Crippen MR) is 114 cm³/mol. The third-order valence-electron chi connectivity index (χ3n) is 4.59. The van der Waals surface area contributed by atoms with Gasteiger partial charge in [-0.3, -0.25) is 4.79 Å². The Bertz CT molecular complexity index is 1040. The lowest BCUT2D eigenvalue weighted by molar-refractivity contribution is -0.147. The highest BCUT2D eigenvalue weighted by Gasteiger charge is 2.13. The van der Waals surface area contributed by atoms with Crippen molar-refractivity contribution >= 4 is 28.7 Å². The molecule has 0 radical (unpaired) electrons. The van der Waals surface area contributed by atoms with E-state index in [4.69, 9.17) is 9.84 Å². The average molecular weight is 387 g/mol. The number of hydrogen-bond acceptors (Lipinski definition) is 3. The highest BCUT2D eigenvalue weighted by Crippen LogP contribution is 2.33. The number of carbonyl (C=O) groups excluding carboxylic acids is 1. The minimum atomic E-state index is -1.52. The molecule has 3 aromatic rings. The van der Waals surface area contributed by atoms with Crippen molar-refractivity contribution in [2.45, 2.75) is 6.92 Å². The molecule has 3 aromatic carbocycles. The van der Waals surface area contributed by atoms with Crippen LogP contribution in [0.1, 0.15) is 23.6 Å². The van der Waals surface area contributed by atoms with Gasteiger partial charge in [0.05, 0.1) is 7.11 Å². The quantitative estimate of drug-likeness (QED) is 0.492. The van der Waals surface area contributed by atoms with Crippen molar-refractivity contribution in [1.82, 2.24) is 0 Å². The number of methoxy groups -OCH3 is 1. The fourth-order valence-corrected chi connectivity index (χ4v) is 3.09. The average Bonchev–Trinajstić information content (AvgIpc) is 2.75. The third kappa shape index (κ3) is 4.71. The number of rotatable bonds is 5. The molecule has 0 aliphatic heterocycles. The van der Waals surface area contributed by atoms with Crippen molar-refractivity contribution in [2.75, 3.05) is 12.4 Å². The van der Waals surface area contributed by atoms with E-state index in [-0.39, 0.29) is 0 Å². The molecule has 0 bridgehead atoms. The van der Waals surface area contributed by atoms with Gasteiger partial charge < -0.3 is 15.2 Å². The number of benzene rings is 3. The van der Waals surface area contributed by atoms with Crippen LogP contribution in [0.3, 0.4) is 0 Å². The Kier molecular flexibility index (Phi) is 6.09. The first-order valence-corrected chi connectivity index (χ1v) is 9.05. The summed E-state index contributed by atoms with van der Waals surface area (Å²) in [5.74, 6) is -1.79. The summed E-state index contributed by atoms with van der Waals surface area (Å²) in [7, 11) is 1.64. The first-order chi connectivity index (χ1) is 14.0. The van der Waals surface area contributed by atoms with Crippen LogP contribution in [0.5, 0.6) is 5.75 Å². The van der Waals surface area contributed by atoms with Gasteiger partial charge in [0.2, 0.25) is 0 Å². The Labute approximate surface area is 169 Å². The van der Waals surface area contributed by atoms with Crippen LogP contribution in [0.2, 0.25) is 0 Å². The van der Waals surface area contributed by atoms with Gasteiger partial charge >= 0.3 is 11.9 Å². The molecule has 5 nitrogen and oxygen atoms in total. The number of ether oxygens (including phenoxy) is 1. The molecule has 0 heterocycles. The number of carboxylic acid groups (broad SMARTS) is 1. The Morgan fingerprint density at radius 3 is 1.90 bits per heavy atom. The number of hydrogen-bond donors (Lipinski definition) is 2. The van der Waals surface area contributed by atoms with Crippen molar-refractivity contribution in [3.63, 3.8) is 0 Å². The first-order valence-electron chi connectivity index (χ1n) is 9.05. The van der Waals surface area contributed by atoms with E-state index >= 15 is 0 Å². The molecule has 0 aromatic heterocycles. The van der Waals surface area contributed by atoms with Crippen LogP contribution >= 0.6 is 0 Å². The number of aliphatic carboxylic acids is 1. The van der Waals surface area contributed by atoms with Gasteiger partial charge in [0, 0.05) is 5.69 Å². The lowest BCUT2D eigenvalue weighted by Gasteiger charge is -2.15. The summed E-state index contributed by atoms with van der Waals surface area (Å²) < 4.78 is 5.25.